The summed E-state index contributed by atoms with van der Waals surface area (Å²) in [5.74, 6) is 0. The van der Waals surface area contributed by atoms with Crippen LogP contribution in [-0.2, 0) is 4.74 Å². The number of hydroxylamine groups is 1. The lowest BCUT2D eigenvalue weighted by Crippen LogP contribution is -2.98. The maximum absolute atomic E-state index is 11.9. The highest BCUT2D eigenvalue weighted by Gasteiger charge is 2.27. The fourth-order valence-electron chi connectivity index (χ4n) is 3.64. The van der Waals surface area contributed by atoms with E-state index in [1.165, 1.54) is 0 Å². The average Bonchev–Trinajstić information content (AvgIpc) is 2.59. The molecule has 2 saturated heterocycles. The summed E-state index contributed by atoms with van der Waals surface area (Å²) in [4.78, 5) is 2.58. The van der Waals surface area contributed by atoms with Crippen molar-refractivity contribution >= 4 is 34.6 Å². The molecule has 0 aromatic heterocycles. The van der Waals surface area contributed by atoms with Crippen molar-refractivity contribution in [3.63, 3.8) is 0 Å². The molecule has 2 N–H and O–H groups in total. The summed E-state index contributed by atoms with van der Waals surface area (Å²) in [5, 5.41) is 16.3. The van der Waals surface area contributed by atoms with Crippen molar-refractivity contribution in [2.45, 2.75) is 37.8 Å². The van der Waals surface area contributed by atoms with Crippen LogP contribution in [0.4, 0.5) is 11.4 Å². The smallest absolute Gasteiger partial charge is 0.156 e. The molecule has 24 heavy (non-hydrogen) atoms. The van der Waals surface area contributed by atoms with Gasteiger partial charge in [0.05, 0.1) is 22.8 Å². The number of hydrogen-bond acceptors (Lipinski definition) is 4. The van der Waals surface area contributed by atoms with Crippen LogP contribution in [0.1, 0.15) is 25.7 Å². The van der Waals surface area contributed by atoms with Crippen LogP contribution in [-0.4, -0.2) is 50.3 Å². The molecule has 134 valence electrons. The fraction of sp³-hybridized carbons (Fsp3) is 0.647. The number of piperidine rings is 1. The predicted molar refractivity (Wildman–Crippen MR) is 98.4 cm³/mol. The zero-order chi connectivity index (χ0) is 17.1. The highest BCUT2D eigenvalue weighted by Crippen LogP contribution is 2.32. The summed E-state index contributed by atoms with van der Waals surface area (Å²) in [7, 11) is 1.55. The molecule has 0 amide bonds. The van der Waals surface area contributed by atoms with E-state index in [2.05, 4.69) is 10.2 Å². The van der Waals surface area contributed by atoms with Gasteiger partial charge in [0, 0.05) is 44.5 Å². The van der Waals surface area contributed by atoms with Crippen LogP contribution in [0.2, 0.25) is 10.0 Å². The van der Waals surface area contributed by atoms with Gasteiger partial charge in [0.2, 0.25) is 0 Å². The van der Waals surface area contributed by atoms with Crippen molar-refractivity contribution < 1.29 is 9.80 Å². The number of likely N-dealkylation sites (tertiary alicyclic amines) is 1. The third kappa shape index (κ3) is 4.34. The van der Waals surface area contributed by atoms with E-state index in [9.17, 15) is 5.21 Å². The van der Waals surface area contributed by atoms with Crippen LogP contribution in [0.25, 0.3) is 0 Å². The Labute approximate surface area is 153 Å². The van der Waals surface area contributed by atoms with Crippen molar-refractivity contribution in [3.05, 3.63) is 27.4 Å². The van der Waals surface area contributed by atoms with E-state index in [0.29, 0.717) is 27.8 Å². The zero-order valence-corrected chi connectivity index (χ0v) is 15.5. The molecular weight excluding hydrogens is 349 g/mol. The van der Waals surface area contributed by atoms with Crippen molar-refractivity contribution in [2.24, 2.45) is 0 Å². The molecule has 2 aliphatic heterocycles. The number of quaternary nitrogens is 1. The number of nitrogens with zero attached hydrogens (tertiary/aromatic N) is 1. The molecule has 2 aliphatic rings. The first-order chi connectivity index (χ1) is 11.5. The molecule has 7 heteroatoms. The Morgan fingerprint density at radius 1 is 1.12 bits per heavy atom. The van der Waals surface area contributed by atoms with Crippen LogP contribution < -0.4 is 10.4 Å². The third-order valence-corrected chi connectivity index (χ3v) is 5.76. The minimum absolute atomic E-state index is 0.00397. The quantitative estimate of drug-likeness (QED) is 0.796. The molecule has 0 aliphatic carbocycles. The summed E-state index contributed by atoms with van der Waals surface area (Å²) in [6, 6.07) is 4.45. The van der Waals surface area contributed by atoms with Gasteiger partial charge in [0.1, 0.15) is 0 Å². The fourth-order valence-corrected chi connectivity index (χ4v) is 3.96. The number of ether oxygens (including phenoxy) is 1. The van der Waals surface area contributed by atoms with Crippen molar-refractivity contribution in [2.75, 3.05) is 38.7 Å². The average molecular weight is 374 g/mol. The Hall–Kier alpha value is -0.560. The van der Waals surface area contributed by atoms with Gasteiger partial charge >= 0.3 is 0 Å². The van der Waals surface area contributed by atoms with Crippen LogP contribution in [0.15, 0.2) is 12.1 Å². The third-order valence-electron chi connectivity index (χ3n) is 5.04. The first-order valence-corrected chi connectivity index (χ1v) is 9.38. The van der Waals surface area contributed by atoms with Crippen LogP contribution in [0, 0.1) is 5.21 Å². The summed E-state index contributed by atoms with van der Waals surface area (Å²) < 4.78 is 5.45. The zero-order valence-electron chi connectivity index (χ0n) is 14.0. The molecule has 0 spiro atoms. The van der Waals surface area contributed by atoms with Gasteiger partial charge in [-0.1, -0.05) is 23.2 Å². The molecule has 3 rings (SSSR count). The van der Waals surface area contributed by atoms with Gasteiger partial charge < -0.3 is 25.2 Å². The maximum Gasteiger partial charge on any atom is 0.156 e. The van der Waals surface area contributed by atoms with E-state index >= 15 is 0 Å². The lowest BCUT2D eigenvalue weighted by atomic mass is 9.99. The molecule has 2 fully saturated rings. The Balaban J connectivity index is 1.60. The number of anilines is 1. The Bertz CT molecular complexity index is 557. The van der Waals surface area contributed by atoms with Crippen molar-refractivity contribution in [1.82, 2.24) is 4.90 Å². The van der Waals surface area contributed by atoms with Gasteiger partial charge in [-0.2, -0.15) is 0 Å². The first-order valence-electron chi connectivity index (χ1n) is 8.63. The second-order valence-corrected chi connectivity index (χ2v) is 7.48. The Morgan fingerprint density at radius 2 is 1.75 bits per heavy atom. The van der Waals surface area contributed by atoms with Crippen LogP contribution >= 0.6 is 23.2 Å². The second kappa shape index (κ2) is 8.21. The summed E-state index contributed by atoms with van der Waals surface area (Å²) >= 11 is 12.2. The van der Waals surface area contributed by atoms with E-state index in [4.69, 9.17) is 27.9 Å². The van der Waals surface area contributed by atoms with E-state index < -0.39 is 0 Å². The molecule has 1 aromatic carbocycles. The van der Waals surface area contributed by atoms with Gasteiger partial charge in [0.25, 0.3) is 0 Å². The molecule has 1 atom stereocenters. The molecule has 5 nitrogen and oxygen atoms in total. The van der Waals surface area contributed by atoms with E-state index in [1.807, 2.05) is 0 Å². The topological polar surface area (TPSA) is 52.0 Å². The van der Waals surface area contributed by atoms with Crippen molar-refractivity contribution in [1.29, 1.82) is 0 Å². The standard InChI is InChI=1S/C17H25Cl2N3O2/c1-21(23)17-11-15(19)14(18)10-16(17)20-12-2-6-22(7-3-12)13-4-8-24-9-5-13/h10-13,20-21H,2-9H2,1H3. The first kappa shape index (κ1) is 18.2. The molecule has 0 bridgehead atoms. The van der Waals surface area contributed by atoms with E-state index in [-0.39, 0.29) is 5.06 Å². The minimum atomic E-state index is -0.00397. The number of benzene rings is 1. The SMILES string of the molecule is C[NH+]([O-])c1cc(Cl)c(Cl)cc1NC1CCN(C2CCOCC2)CC1. The number of rotatable bonds is 4. The Kier molecular flexibility index (Phi) is 6.24. The summed E-state index contributed by atoms with van der Waals surface area (Å²) in [6.45, 7) is 3.93. The van der Waals surface area contributed by atoms with Gasteiger partial charge in [-0.05, 0) is 31.7 Å². The Morgan fingerprint density at radius 3 is 2.38 bits per heavy atom. The largest absolute Gasteiger partial charge is 0.629 e. The maximum atomic E-state index is 11.9. The van der Waals surface area contributed by atoms with Gasteiger partial charge in [0.15, 0.2) is 5.69 Å². The minimum Gasteiger partial charge on any atom is -0.629 e. The molecule has 0 radical (unpaired) electrons. The summed E-state index contributed by atoms with van der Waals surface area (Å²) in [5.41, 5.74) is 1.40. The summed E-state index contributed by atoms with van der Waals surface area (Å²) in [6.07, 6.45) is 4.41. The van der Waals surface area contributed by atoms with Gasteiger partial charge in [-0.15, -0.1) is 0 Å². The lowest BCUT2D eigenvalue weighted by molar-refractivity contribution is -0.750. The molecular formula is C17H25Cl2N3O2. The predicted octanol–water partition coefficient (Wildman–Crippen LogP) is 2.69. The molecule has 2 heterocycles. The monoisotopic (exact) mass is 373 g/mol. The highest BCUT2D eigenvalue weighted by molar-refractivity contribution is 6.42. The van der Waals surface area contributed by atoms with E-state index in [0.717, 1.165) is 57.7 Å². The normalized spacial score (nSPS) is 22.5. The molecule has 1 aromatic rings. The van der Waals surface area contributed by atoms with Crippen LogP contribution in [0.3, 0.4) is 0 Å². The van der Waals surface area contributed by atoms with Crippen molar-refractivity contribution in [3.8, 4) is 0 Å². The lowest BCUT2D eigenvalue weighted by Gasteiger charge is -2.39. The number of nitrogens with one attached hydrogen (secondary N) is 2. The second-order valence-electron chi connectivity index (χ2n) is 6.67. The molecule has 0 saturated carbocycles. The molecule has 1 unspecified atom stereocenters. The highest BCUT2D eigenvalue weighted by atomic mass is 35.5. The van der Waals surface area contributed by atoms with Crippen LogP contribution in [0.5, 0.6) is 0 Å². The van der Waals surface area contributed by atoms with Gasteiger partial charge in [-0.3, -0.25) is 0 Å². The van der Waals surface area contributed by atoms with Gasteiger partial charge in [-0.25, -0.2) is 0 Å². The number of hydrogen-bond donors (Lipinski definition) is 2. The number of halogens is 2. The van der Waals surface area contributed by atoms with E-state index in [1.54, 1.807) is 19.2 Å².